The number of benzene rings is 1. The fraction of sp³-hybridized carbons (Fsp3) is 0.360. The normalized spacial score (nSPS) is 18.1. The molecule has 36 heavy (non-hydrogen) atoms. The molecule has 0 radical (unpaired) electrons. The minimum Gasteiger partial charge on any atom is -0.405 e. The Morgan fingerprint density at radius 3 is 2.72 bits per heavy atom. The van der Waals surface area contributed by atoms with Crippen LogP contribution in [0, 0.1) is 18.6 Å². The number of nitrogens with two attached hydrogens (primary N) is 1. The van der Waals surface area contributed by atoms with Gasteiger partial charge in [0.25, 0.3) is 5.56 Å². The van der Waals surface area contributed by atoms with Crippen LogP contribution < -0.4 is 16.2 Å². The molecular weight excluding hydrogens is 490 g/mol. The number of hydrogen-bond acceptors (Lipinski definition) is 7. The quantitative estimate of drug-likeness (QED) is 0.528. The molecule has 1 aliphatic heterocycles. The van der Waals surface area contributed by atoms with Gasteiger partial charge in [-0.1, -0.05) is 11.6 Å². The lowest BCUT2D eigenvalue weighted by Crippen LogP contribution is -2.41. The third kappa shape index (κ3) is 5.88. The first-order valence-corrected chi connectivity index (χ1v) is 12.0. The van der Waals surface area contributed by atoms with Gasteiger partial charge < -0.3 is 15.4 Å². The molecule has 2 N–H and O–H groups in total. The van der Waals surface area contributed by atoms with Gasteiger partial charge in [-0.3, -0.25) is 14.2 Å². The van der Waals surface area contributed by atoms with E-state index in [1.165, 1.54) is 29.5 Å². The zero-order valence-corrected chi connectivity index (χ0v) is 20.8. The molecule has 1 aromatic carbocycles. The number of aliphatic imine (C=N–C) groups is 1. The monoisotopic (exact) mass is 516 g/mol. The fourth-order valence-corrected chi connectivity index (χ4v) is 3.83. The molecular formula is C25H27ClF2N6O2. The molecule has 1 saturated carbocycles. The summed E-state index contributed by atoms with van der Waals surface area (Å²) in [4.78, 5) is 27.7. The van der Waals surface area contributed by atoms with Crippen LogP contribution in [0.2, 0.25) is 5.02 Å². The molecule has 0 spiro atoms. The van der Waals surface area contributed by atoms with Crippen LogP contribution >= 0.6 is 11.6 Å². The molecule has 2 fully saturated rings. The Morgan fingerprint density at radius 2 is 2.06 bits per heavy atom. The Labute approximate surface area is 212 Å². The standard InChI is InChI=1S/C19H17ClF2N4O2.C6H10N2/c1-10-8-25(5-6-28-10)15-9-26-18(23-11(2)16(20)19(26)27)17(24-15)13-4-3-12(21)7-14(13)22;7-4-1-5-8-6-2-3-6/h3-4,7,9-10H,5-6,8H2,1-2H3;1,4-6H,2-3,7H2/b;4-1-,8-5?. The van der Waals surface area contributed by atoms with Gasteiger partial charge in [-0.15, -0.1) is 0 Å². The number of halogens is 3. The van der Waals surface area contributed by atoms with Crippen LogP contribution in [0.3, 0.4) is 0 Å². The van der Waals surface area contributed by atoms with Gasteiger partial charge in [-0.2, -0.15) is 0 Å². The number of morpholine rings is 1. The maximum Gasteiger partial charge on any atom is 0.277 e. The third-order valence-electron chi connectivity index (χ3n) is 5.70. The van der Waals surface area contributed by atoms with Gasteiger partial charge in [-0.25, -0.2) is 18.7 Å². The van der Waals surface area contributed by atoms with E-state index in [2.05, 4.69) is 15.0 Å². The maximum absolute atomic E-state index is 14.5. The number of aromatic nitrogens is 3. The van der Waals surface area contributed by atoms with Crippen LogP contribution in [0.5, 0.6) is 0 Å². The highest BCUT2D eigenvalue weighted by molar-refractivity contribution is 6.31. The predicted octanol–water partition coefficient (Wildman–Crippen LogP) is 3.91. The molecule has 0 bridgehead atoms. The molecule has 3 heterocycles. The smallest absolute Gasteiger partial charge is 0.277 e. The van der Waals surface area contributed by atoms with Crippen molar-refractivity contribution in [2.45, 2.75) is 38.8 Å². The van der Waals surface area contributed by atoms with Crippen molar-refractivity contribution in [1.29, 1.82) is 0 Å². The Balaban J connectivity index is 0.000000325. The number of nitrogens with zero attached hydrogens (tertiary/aromatic N) is 5. The summed E-state index contributed by atoms with van der Waals surface area (Å²) in [7, 11) is 0. The molecule has 11 heteroatoms. The van der Waals surface area contributed by atoms with E-state index in [0.717, 1.165) is 12.1 Å². The molecule has 1 atom stereocenters. The minimum absolute atomic E-state index is 0.0180. The van der Waals surface area contributed by atoms with E-state index >= 15 is 0 Å². The number of ether oxygens (including phenoxy) is 1. The van der Waals surface area contributed by atoms with Crippen LogP contribution in [-0.4, -0.2) is 52.4 Å². The SMILES string of the molecule is Cc1nc2c(-c3ccc(F)cc3F)nc(N3CCOC(C)C3)cn2c(=O)c1Cl.N/C=C\C=NC1CC1. The van der Waals surface area contributed by atoms with Crippen LogP contribution in [0.4, 0.5) is 14.6 Å². The highest BCUT2D eigenvalue weighted by Gasteiger charge is 2.23. The van der Waals surface area contributed by atoms with E-state index in [1.54, 1.807) is 25.4 Å². The van der Waals surface area contributed by atoms with Gasteiger partial charge in [0.2, 0.25) is 0 Å². The molecule has 3 aromatic rings. The molecule has 1 unspecified atom stereocenters. The molecule has 2 aromatic heterocycles. The summed E-state index contributed by atoms with van der Waals surface area (Å²) in [5, 5.41) is -0.0180. The first kappa shape index (κ1) is 25.7. The van der Waals surface area contributed by atoms with Gasteiger partial charge in [0, 0.05) is 30.9 Å². The predicted molar refractivity (Wildman–Crippen MR) is 137 cm³/mol. The molecule has 2 aliphatic rings. The van der Waals surface area contributed by atoms with Crippen molar-refractivity contribution in [3.05, 3.63) is 69.4 Å². The maximum atomic E-state index is 14.5. The average Bonchev–Trinajstić information content (AvgIpc) is 3.68. The topological polar surface area (TPSA) is 98.1 Å². The van der Waals surface area contributed by atoms with Gasteiger partial charge in [0.15, 0.2) is 5.65 Å². The van der Waals surface area contributed by atoms with Gasteiger partial charge in [-0.05, 0) is 51.1 Å². The van der Waals surface area contributed by atoms with Crippen LogP contribution in [0.25, 0.3) is 16.9 Å². The molecule has 0 amide bonds. The van der Waals surface area contributed by atoms with Crippen LogP contribution in [0.1, 0.15) is 25.5 Å². The van der Waals surface area contributed by atoms with Crippen molar-refractivity contribution in [3.63, 3.8) is 0 Å². The van der Waals surface area contributed by atoms with E-state index < -0.39 is 17.2 Å². The van der Waals surface area contributed by atoms with Crippen molar-refractivity contribution in [2.24, 2.45) is 10.7 Å². The summed E-state index contributed by atoms with van der Waals surface area (Å²) in [5.74, 6) is -1.03. The summed E-state index contributed by atoms with van der Waals surface area (Å²) in [6, 6.07) is 3.82. The zero-order chi connectivity index (χ0) is 25.8. The molecule has 190 valence electrons. The summed E-state index contributed by atoms with van der Waals surface area (Å²) in [5.41, 5.74) is 5.25. The second-order valence-electron chi connectivity index (χ2n) is 8.62. The fourth-order valence-electron chi connectivity index (χ4n) is 3.70. The summed E-state index contributed by atoms with van der Waals surface area (Å²) in [6.07, 6.45) is 9.04. The number of fused-ring (bicyclic) bond motifs is 1. The molecule has 1 aliphatic carbocycles. The van der Waals surface area contributed by atoms with Gasteiger partial charge in [0.05, 0.1) is 30.6 Å². The van der Waals surface area contributed by atoms with Crippen molar-refractivity contribution in [2.75, 3.05) is 24.6 Å². The average molecular weight is 517 g/mol. The zero-order valence-electron chi connectivity index (χ0n) is 20.0. The Kier molecular flexibility index (Phi) is 7.95. The van der Waals surface area contributed by atoms with Gasteiger partial charge in [0.1, 0.15) is 28.2 Å². The second kappa shape index (κ2) is 11.1. The van der Waals surface area contributed by atoms with Crippen molar-refractivity contribution in [3.8, 4) is 11.3 Å². The number of rotatable bonds is 4. The summed E-state index contributed by atoms with van der Waals surface area (Å²) in [6.45, 7) is 5.15. The van der Waals surface area contributed by atoms with E-state index in [-0.39, 0.29) is 28.0 Å². The van der Waals surface area contributed by atoms with E-state index in [4.69, 9.17) is 22.1 Å². The van der Waals surface area contributed by atoms with E-state index in [0.29, 0.717) is 37.3 Å². The Hall–Kier alpha value is -3.37. The Bertz CT molecular complexity index is 1370. The lowest BCUT2D eigenvalue weighted by molar-refractivity contribution is 0.0529. The minimum atomic E-state index is -0.788. The highest BCUT2D eigenvalue weighted by atomic mass is 35.5. The van der Waals surface area contributed by atoms with Crippen LogP contribution in [0.15, 0.2) is 46.5 Å². The van der Waals surface area contributed by atoms with Crippen LogP contribution in [-0.2, 0) is 4.74 Å². The highest BCUT2D eigenvalue weighted by Crippen LogP contribution is 2.28. The second-order valence-corrected chi connectivity index (χ2v) is 9.00. The lowest BCUT2D eigenvalue weighted by Gasteiger charge is -2.32. The molecule has 5 rings (SSSR count). The van der Waals surface area contributed by atoms with Crippen molar-refractivity contribution >= 4 is 29.3 Å². The summed E-state index contributed by atoms with van der Waals surface area (Å²) >= 11 is 6.09. The number of aryl methyl sites for hydroxylation is 1. The Morgan fingerprint density at radius 1 is 1.28 bits per heavy atom. The van der Waals surface area contributed by atoms with E-state index in [9.17, 15) is 13.6 Å². The number of anilines is 1. The number of allylic oxidation sites excluding steroid dienone is 1. The molecule has 1 saturated heterocycles. The first-order chi connectivity index (χ1) is 17.3. The largest absolute Gasteiger partial charge is 0.405 e. The summed E-state index contributed by atoms with van der Waals surface area (Å²) < 4.78 is 34.7. The third-order valence-corrected chi connectivity index (χ3v) is 6.14. The lowest BCUT2D eigenvalue weighted by atomic mass is 10.1. The first-order valence-electron chi connectivity index (χ1n) is 11.6. The van der Waals surface area contributed by atoms with Crippen molar-refractivity contribution in [1.82, 2.24) is 14.4 Å². The van der Waals surface area contributed by atoms with E-state index in [1.807, 2.05) is 11.8 Å². The number of hydrogen-bond donors (Lipinski definition) is 1. The van der Waals surface area contributed by atoms with Crippen molar-refractivity contribution < 1.29 is 13.5 Å². The van der Waals surface area contributed by atoms with Gasteiger partial charge >= 0.3 is 0 Å². The molecule has 8 nitrogen and oxygen atoms in total.